The van der Waals surface area contributed by atoms with Crippen LogP contribution >= 0.6 is 23.4 Å². The summed E-state index contributed by atoms with van der Waals surface area (Å²) in [6.07, 6.45) is 2.94. The number of hydrogen-bond donors (Lipinski definition) is 2. The number of nitriles is 1. The van der Waals surface area contributed by atoms with Crippen molar-refractivity contribution in [3.63, 3.8) is 0 Å². The zero-order valence-electron chi connectivity index (χ0n) is 15.7. The van der Waals surface area contributed by atoms with Gasteiger partial charge in [-0.1, -0.05) is 36.7 Å². The van der Waals surface area contributed by atoms with Gasteiger partial charge in [0, 0.05) is 18.5 Å². The van der Waals surface area contributed by atoms with Gasteiger partial charge in [-0.2, -0.15) is 10.4 Å². The maximum Gasteiger partial charge on any atom is 0.287 e. The van der Waals surface area contributed by atoms with Gasteiger partial charge in [0.25, 0.3) is 5.56 Å². The second-order valence-corrected chi connectivity index (χ2v) is 8.37. The number of aromatic nitrogens is 2. The minimum Gasteiger partial charge on any atom is -0.389 e. The second-order valence-electron chi connectivity index (χ2n) is 6.77. The number of nitrogens with one attached hydrogen (secondary N) is 1. The Balaban J connectivity index is 1.91. The third kappa shape index (κ3) is 5.48. The molecular formula is C18H25ClN4O3S. The van der Waals surface area contributed by atoms with Gasteiger partial charge in [0.2, 0.25) is 0 Å². The van der Waals surface area contributed by atoms with Crippen molar-refractivity contribution in [1.82, 2.24) is 9.78 Å². The van der Waals surface area contributed by atoms with Crippen LogP contribution in [-0.4, -0.2) is 39.1 Å². The molecule has 1 aliphatic rings. The Morgan fingerprint density at radius 2 is 2.33 bits per heavy atom. The van der Waals surface area contributed by atoms with Gasteiger partial charge in [-0.15, -0.1) is 0 Å². The molecule has 0 fully saturated rings. The van der Waals surface area contributed by atoms with Crippen molar-refractivity contribution in [3.8, 4) is 6.07 Å². The summed E-state index contributed by atoms with van der Waals surface area (Å²) in [5.41, 5.74) is 0.705. The topological polar surface area (TPSA) is 100 Å². The maximum atomic E-state index is 12.2. The Morgan fingerprint density at radius 1 is 1.59 bits per heavy atom. The minimum atomic E-state index is -0.797. The van der Waals surface area contributed by atoms with Crippen molar-refractivity contribution in [3.05, 3.63) is 32.6 Å². The van der Waals surface area contributed by atoms with Gasteiger partial charge in [-0.3, -0.25) is 4.79 Å². The van der Waals surface area contributed by atoms with E-state index in [0.717, 1.165) is 12.8 Å². The van der Waals surface area contributed by atoms with Gasteiger partial charge in [-0.25, -0.2) is 4.68 Å². The Bertz CT molecular complexity index is 790. The predicted molar refractivity (Wildman–Crippen MR) is 108 cm³/mol. The fourth-order valence-corrected chi connectivity index (χ4v) is 4.17. The largest absolute Gasteiger partial charge is 0.389 e. The summed E-state index contributed by atoms with van der Waals surface area (Å²) in [7, 11) is 0. The van der Waals surface area contributed by atoms with Crippen LogP contribution in [0.3, 0.4) is 0 Å². The van der Waals surface area contributed by atoms with Crippen LogP contribution in [0.15, 0.2) is 22.0 Å². The first-order valence-electron chi connectivity index (χ1n) is 8.92. The molecule has 148 valence electrons. The van der Waals surface area contributed by atoms with Crippen LogP contribution in [0.4, 0.5) is 5.69 Å². The van der Waals surface area contributed by atoms with Gasteiger partial charge in [0.1, 0.15) is 9.96 Å². The molecule has 1 aromatic rings. The monoisotopic (exact) mass is 412 g/mol. The quantitative estimate of drug-likeness (QED) is 0.641. The van der Waals surface area contributed by atoms with E-state index in [0.29, 0.717) is 17.7 Å². The van der Waals surface area contributed by atoms with Crippen molar-refractivity contribution in [1.29, 1.82) is 5.26 Å². The first-order valence-corrected chi connectivity index (χ1v) is 10.2. The van der Waals surface area contributed by atoms with Crippen LogP contribution in [0, 0.1) is 11.3 Å². The highest BCUT2D eigenvalue weighted by molar-refractivity contribution is 8.03. The zero-order chi connectivity index (χ0) is 20.0. The molecule has 1 aliphatic heterocycles. The molecule has 0 bridgehead atoms. The SMILES string of the molecule is CCCC1(OCC(O)CNc2cnn(C(C)C)c(=O)c2Cl)CC(C#N)=CS1. The van der Waals surface area contributed by atoms with Crippen molar-refractivity contribution >= 4 is 29.1 Å². The number of thioether (sulfide) groups is 1. The fourth-order valence-electron chi connectivity index (χ4n) is 2.77. The normalized spacial score (nSPS) is 20.4. The number of ether oxygens (including phenoxy) is 1. The minimum absolute atomic E-state index is 0.0449. The smallest absolute Gasteiger partial charge is 0.287 e. The molecule has 0 aromatic carbocycles. The summed E-state index contributed by atoms with van der Waals surface area (Å²) in [6.45, 7) is 6.03. The number of hydrogen-bond acceptors (Lipinski definition) is 7. The van der Waals surface area contributed by atoms with Crippen LogP contribution in [-0.2, 0) is 4.74 Å². The average molecular weight is 413 g/mol. The van der Waals surface area contributed by atoms with Crippen molar-refractivity contribution in [2.24, 2.45) is 0 Å². The van der Waals surface area contributed by atoms with Crippen LogP contribution in [0.5, 0.6) is 0 Å². The lowest BCUT2D eigenvalue weighted by Gasteiger charge is -2.29. The first-order chi connectivity index (χ1) is 12.8. The average Bonchev–Trinajstić information content (AvgIpc) is 3.05. The molecule has 0 saturated carbocycles. The third-order valence-electron chi connectivity index (χ3n) is 4.15. The molecule has 0 amide bonds. The number of nitrogens with zero attached hydrogens (tertiary/aromatic N) is 3. The predicted octanol–water partition coefficient (Wildman–Crippen LogP) is 3.31. The van der Waals surface area contributed by atoms with E-state index >= 15 is 0 Å². The van der Waals surface area contributed by atoms with Crippen molar-refractivity contribution in [2.45, 2.75) is 57.1 Å². The number of rotatable bonds is 9. The molecule has 2 atom stereocenters. The van der Waals surface area contributed by atoms with Crippen LogP contribution in [0.25, 0.3) is 0 Å². The summed E-state index contributed by atoms with van der Waals surface area (Å²) in [4.78, 5) is 11.7. The van der Waals surface area contributed by atoms with E-state index in [1.54, 1.807) is 0 Å². The van der Waals surface area contributed by atoms with Crippen LogP contribution in [0.2, 0.25) is 5.02 Å². The van der Waals surface area contributed by atoms with E-state index in [2.05, 4.69) is 23.4 Å². The lowest BCUT2D eigenvalue weighted by molar-refractivity contribution is -0.0256. The highest BCUT2D eigenvalue weighted by atomic mass is 35.5. The van der Waals surface area contributed by atoms with Crippen molar-refractivity contribution in [2.75, 3.05) is 18.5 Å². The van der Waals surface area contributed by atoms with Gasteiger partial charge in [0.15, 0.2) is 0 Å². The number of aliphatic hydroxyl groups excluding tert-OH is 1. The molecule has 27 heavy (non-hydrogen) atoms. The zero-order valence-corrected chi connectivity index (χ0v) is 17.3. The Morgan fingerprint density at radius 3 is 2.93 bits per heavy atom. The lowest BCUT2D eigenvalue weighted by atomic mass is 10.1. The molecule has 2 N–H and O–H groups in total. The molecule has 0 saturated heterocycles. The van der Waals surface area contributed by atoms with Gasteiger partial charge in [-0.05, 0) is 25.7 Å². The first kappa shape index (κ1) is 21.8. The van der Waals surface area contributed by atoms with E-state index < -0.39 is 11.0 Å². The number of anilines is 1. The molecule has 0 aliphatic carbocycles. The number of aliphatic hydroxyl groups is 1. The third-order valence-corrected chi connectivity index (χ3v) is 5.81. The fraction of sp³-hybridized carbons (Fsp3) is 0.611. The highest BCUT2D eigenvalue weighted by Gasteiger charge is 2.36. The maximum absolute atomic E-state index is 12.2. The highest BCUT2D eigenvalue weighted by Crippen LogP contribution is 2.44. The Kier molecular flexibility index (Phi) is 7.74. The summed E-state index contributed by atoms with van der Waals surface area (Å²) in [6, 6.07) is 2.08. The van der Waals surface area contributed by atoms with E-state index in [1.165, 1.54) is 22.6 Å². The standard InChI is InChI=1S/C18H25ClN4O3S/c1-4-5-18(6-13(7-20)11-27-18)26-10-14(24)8-21-15-9-22-23(12(2)3)17(25)16(15)19/h9,11-12,14,21,24H,4-6,8,10H2,1-3H3. The molecule has 0 radical (unpaired) electrons. The van der Waals surface area contributed by atoms with Crippen LogP contribution in [0.1, 0.15) is 46.1 Å². The van der Waals surface area contributed by atoms with Gasteiger partial charge < -0.3 is 15.2 Å². The molecule has 7 nitrogen and oxygen atoms in total. The molecule has 2 rings (SSSR count). The van der Waals surface area contributed by atoms with Crippen molar-refractivity contribution < 1.29 is 9.84 Å². The lowest BCUT2D eigenvalue weighted by Crippen LogP contribution is -2.34. The molecule has 2 heterocycles. The van der Waals surface area contributed by atoms with Gasteiger partial charge >= 0.3 is 0 Å². The summed E-state index contributed by atoms with van der Waals surface area (Å²) >= 11 is 7.61. The molecule has 9 heteroatoms. The van der Waals surface area contributed by atoms with E-state index in [4.69, 9.17) is 21.6 Å². The summed E-state index contributed by atoms with van der Waals surface area (Å²) < 4.78 is 7.28. The number of halogens is 1. The Labute approximate surface area is 168 Å². The summed E-state index contributed by atoms with van der Waals surface area (Å²) in [5, 5.41) is 28.2. The molecule has 1 aromatic heterocycles. The Hall–Kier alpha value is -1.53. The molecular weight excluding hydrogens is 388 g/mol. The van der Waals surface area contributed by atoms with Crippen LogP contribution < -0.4 is 10.9 Å². The summed E-state index contributed by atoms with van der Waals surface area (Å²) in [5.74, 6) is 0. The van der Waals surface area contributed by atoms with Gasteiger partial charge in [0.05, 0.1) is 36.7 Å². The van der Waals surface area contributed by atoms with E-state index in [-0.39, 0.29) is 29.8 Å². The van der Waals surface area contributed by atoms with E-state index in [9.17, 15) is 9.90 Å². The molecule has 2 unspecified atom stereocenters. The molecule has 0 spiro atoms. The second kappa shape index (κ2) is 9.60. The van der Waals surface area contributed by atoms with E-state index in [1.807, 2.05) is 19.3 Å².